The molecule has 0 aliphatic rings. The summed E-state index contributed by atoms with van der Waals surface area (Å²) in [6.45, 7) is 6.09. The lowest BCUT2D eigenvalue weighted by atomic mass is 9.97. The molecule has 0 bridgehead atoms. The van der Waals surface area contributed by atoms with E-state index in [1.807, 2.05) is 6.92 Å². The standard InChI is InChI=1S/C29H23F3O2/c1-3-19-5-9-21(10-6-19)24-14-15-25(29(32)28(24)31)22-11-7-20(8-12-22)18-34-27-16-13-23(33-4-2)17-26(27)30/h3,5-17H,1,4,18H2,2H3. The van der Waals surface area contributed by atoms with Crippen LogP contribution in [-0.2, 0) is 6.61 Å². The van der Waals surface area contributed by atoms with E-state index in [9.17, 15) is 13.2 Å². The molecule has 0 amide bonds. The van der Waals surface area contributed by atoms with Gasteiger partial charge in [-0.05, 0) is 41.3 Å². The van der Waals surface area contributed by atoms with Gasteiger partial charge in [-0.3, -0.25) is 0 Å². The van der Waals surface area contributed by atoms with E-state index in [1.54, 1.807) is 72.8 Å². The molecule has 0 fully saturated rings. The Morgan fingerprint density at radius 3 is 1.85 bits per heavy atom. The van der Waals surface area contributed by atoms with Gasteiger partial charge >= 0.3 is 0 Å². The number of halogens is 3. The maximum atomic E-state index is 14.9. The van der Waals surface area contributed by atoms with Crippen molar-refractivity contribution in [3.05, 3.63) is 114 Å². The van der Waals surface area contributed by atoms with Crippen molar-refractivity contribution < 1.29 is 22.6 Å². The van der Waals surface area contributed by atoms with Crippen LogP contribution in [0.5, 0.6) is 11.5 Å². The Morgan fingerprint density at radius 1 is 0.735 bits per heavy atom. The van der Waals surface area contributed by atoms with Crippen LogP contribution in [0.2, 0.25) is 0 Å². The lowest BCUT2D eigenvalue weighted by Crippen LogP contribution is -1.99. The molecule has 0 spiro atoms. The van der Waals surface area contributed by atoms with E-state index >= 15 is 0 Å². The first kappa shape index (κ1) is 23.2. The number of benzene rings is 4. The van der Waals surface area contributed by atoms with Gasteiger partial charge in [0.25, 0.3) is 0 Å². The molecule has 0 aromatic heterocycles. The van der Waals surface area contributed by atoms with Gasteiger partial charge in [0.15, 0.2) is 23.2 Å². The maximum absolute atomic E-state index is 14.9. The van der Waals surface area contributed by atoms with E-state index in [1.165, 1.54) is 12.1 Å². The van der Waals surface area contributed by atoms with Crippen LogP contribution in [0.4, 0.5) is 13.2 Å². The average Bonchev–Trinajstić information content (AvgIpc) is 2.86. The van der Waals surface area contributed by atoms with Gasteiger partial charge in [0.05, 0.1) is 6.61 Å². The van der Waals surface area contributed by atoms with Gasteiger partial charge in [-0.1, -0.05) is 73.3 Å². The minimum absolute atomic E-state index is 0.109. The number of ether oxygens (including phenoxy) is 2. The van der Waals surface area contributed by atoms with Crippen molar-refractivity contribution in [2.45, 2.75) is 13.5 Å². The predicted octanol–water partition coefficient (Wildman–Crippen LogP) is 8.06. The van der Waals surface area contributed by atoms with Crippen LogP contribution in [0.25, 0.3) is 28.3 Å². The lowest BCUT2D eigenvalue weighted by molar-refractivity contribution is 0.287. The average molecular weight is 460 g/mol. The summed E-state index contributed by atoms with van der Waals surface area (Å²) in [5.41, 5.74) is 3.13. The van der Waals surface area contributed by atoms with Gasteiger partial charge in [0.2, 0.25) is 0 Å². The molecule has 0 atom stereocenters. The maximum Gasteiger partial charge on any atom is 0.168 e. The largest absolute Gasteiger partial charge is 0.494 e. The summed E-state index contributed by atoms with van der Waals surface area (Å²) >= 11 is 0. The fourth-order valence-electron chi connectivity index (χ4n) is 3.59. The molecule has 0 saturated heterocycles. The quantitative estimate of drug-likeness (QED) is 0.265. The van der Waals surface area contributed by atoms with Crippen molar-refractivity contribution in [3.8, 4) is 33.8 Å². The molecule has 4 rings (SSSR count). The molecule has 2 nitrogen and oxygen atoms in total. The second kappa shape index (κ2) is 10.3. The molecule has 4 aromatic rings. The van der Waals surface area contributed by atoms with Crippen LogP contribution in [0.15, 0.2) is 85.4 Å². The Hall–Kier alpha value is -3.99. The van der Waals surface area contributed by atoms with E-state index < -0.39 is 17.5 Å². The summed E-state index contributed by atoms with van der Waals surface area (Å²) in [6.07, 6.45) is 1.69. The van der Waals surface area contributed by atoms with Crippen LogP contribution in [-0.4, -0.2) is 6.61 Å². The van der Waals surface area contributed by atoms with E-state index in [0.717, 1.165) is 11.1 Å². The smallest absolute Gasteiger partial charge is 0.168 e. The van der Waals surface area contributed by atoms with Crippen molar-refractivity contribution in [3.63, 3.8) is 0 Å². The van der Waals surface area contributed by atoms with Gasteiger partial charge in [-0.25, -0.2) is 13.2 Å². The first-order valence-electron chi connectivity index (χ1n) is 10.9. The van der Waals surface area contributed by atoms with Gasteiger partial charge in [-0.15, -0.1) is 0 Å². The van der Waals surface area contributed by atoms with E-state index in [4.69, 9.17) is 9.47 Å². The van der Waals surface area contributed by atoms with Crippen molar-refractivity contribution in [1.82, 2.24) is 0 Å². The monoisotopic (exact) mass is 460 g/mol. The Kier molecular flexibility index (Phi) is 7.02. The number of hydrogen-bond donors (Lipinski definition) is 0. The zero-order valence-electron chi connectivity index (χ0n) is 18.7. The first-order chi connectivity index (χ1) is 16.5. The Bertz CT molecular complexity index is 1300. The molecule has 0 heterocycles. The molecule has 0 radical (unpaired) electrons. The third-order valence-corrected chi connectivity index (χ3v) is 5.41. The van der Waals surface area contributed by atoms with E-state index in [2.05, 4.69) is 6.58 Å². The molecule has 0 N–H and O–H groups in total. The number of hydrogen-bond acceptors (Lipinski definition) is 2. The first-order valence-corrected chi connectivity index (χ1v) is 10.9. The molecule has 4 aromatic carbocycles. The Labute approximate surface area is 196 Å². The van der Waals surface area contributed by atoms with Gasteiger partial charge in [0, 0.05) is 17.2 Å². The molecule has 0 saturated carbocycles. The highest BCUT2D eigenvalue weighted by molar-refractivity contribution is 5.72. The summed E-state index contributed by atoms with van der Waals surface area (Å²) in [7, 11) is 0. The summed E-state index contributed by atoms with van der Waals surface area (Å²) < 4.78 is 54.7. The van der Waals surface area contributed by atoms with Crippen molar-refractivity contribution >= 4 is 6.08 Å². The van der Waals surface area contributed by atoms with E-state index in [-0.39, 0.29) is 23.5 Å². The summed E-state index contributed by atoms with van der Waals surface area (Å²) in [5.74, 6) is -1.78. The second-order valence-corrected chi connectivity index (χ2v) is 7.63. The molecule has 5 heteroatoms. The normalized spacial score (nSPS) is 10.7. The van der Waals surface area contributed by atoms with Crippen molar-refractivity contribution in [1.29, 1.82) is 0 Å². The van der Waals surface area contributed by atoms with Crippen molar-refractivity contribution in [2.24, 2.45) is 0 Å². The highest BCUT2D eigenvalue weighted by Crippen LogP contribution is 2.32. The van der Waals surface area contributed by atoms with Crippen LogP contribution >= 0.6 is 0 Å². The summed E-state index contributed by atoms with van der Waals surface area (Å²) in [6, 6.07) is 21.5. The molecule has 0 unspecified atom stereocenters. The van der Waals surface area contributed by atoms with Gasteiger partial charge in [0.1, 0.15) is 12.4 Å². The van der Waals surface area contributed by atoms with Crippen LogP contribution < -0.4 is 9.47 Å². The van der Waals surface area contributed by atoms with Gasteiger partial charge < -0.3 is 9.47 Å². The SMILES string of the molecule is C=Cc1ccc(-c2ccc(-c3ccc(COc4ccc(OCC)cc4F)cc3)c(F)c2F)cc1. The highest BCUT2D eigenvalue weighted by atomic mass is 19.2. The molecule has 172 valence electrons. The Morgan fingerprint density at radius 2 is 1.32 bits per heavy atom. The predicted molar refractivity (Wildman–Crippen MR) is 129 cm³/mol. The highest BCUT2D eigenvalue weighted by Gasteiger charge is 2.16. The minimum Gasteiger partial charge on any atom is -0.494 e. The molecule has 0 aliphatic heterocycles. The molecule has 34 heavy (non-hydrogen) atoms. The number of rotatable bonds is 8. The molecular weight excluding hydrogens is 437 g/mol. The molecule has 0 aliphatic carbocycles. The summed E-state index contributed by atoms with van der Waals surface area (Å²) in [4.78, 5) is 0. The summed E-state index contributed by atoms with van der Waals surface area (Å²) in [5, 5.41) is 0. The lowest BCUT2D eigenvalue weighted by Gasteiger charge is -2.11. The third kappa shape index (κ3) is 4.99. The van der Waals surface area contributed by atoms with Crippen LogP contribution in [0.1, 0.15) is 18.1 Å². The zero-order valence-corrected chi connectivity index (χ0v) is 18.7. The van der Waals surface area contributed by atoms with Gasteiger partial charge in [-0.2, -0.15) is 0 Å². The third-order valence-electron chi connectivity index (χ3n) is 5.41. The van der Waals surface area contributed by atoms with Crippen LogP contribution in [0, 0.1) is 17.5 Å². The molecular formula is C29H23F3O2. The second-order valence-electron chi connectivity index (χ2n) is 7.63. The Balaban J connectivity index is 1.49. The van der Waals surface area contributed by atoms with Crippen LogP contribution in [0.3, 0.4) is 0 Å². The fraction of sp³-hybridized carbons (Fsp3) is 0.103. The fourth-order valence-corrected chi connectivity index (χ4v) is 3.59. The minimum atomic E-state index is -0.911. The van der Waals surface area contributed by atoms with E-state index in [0.29, 0.717) is 23.5 Å². The topological polar surface area (TPSA) is 18.5 Å². The van der Waals surface area contributed by atoms with Crippen molar-refractivity contribution in [2.75, 3.05) is 6.61 Å². The zero-order chi connectivity index (χ0) is 24.1.